The number of aliphatic carboxylic acids is 1. The van der Waals surface area contributed by atoms with Crippen molar-refractivity contribution >= 4 is 46.2 Å². The summed E-state index contributed by atoms with van der Waals surface area (Å²) < 4.78 is 7.16. The molecule has 0 aliphatic carbocycles. The quantitative estimate of drug-likeness (QED) is 0.0523. The average molecular weight is 610 g/mol. The number of aliphatic hydroxyl groups excluding tert-OH is 2. The Morgan fingerprint density at radius 3 is 2.60 bits per heavy atom. The highest BCUT2D eigenvalue weighted by Gasteiger charge is 2.52. The van der Waals surface area contributed by atoms with Crippen LogP contribution < -0.4 is 33.9 Å². The van der Waals surface area contributed by atoms with E-state index in [1.165, 1.54) is 18.3 Å². The SMILES string of the molecule is NC(N)=NCC(O)CC(O)(C(=O)O)C1OC(n2cc(I)c(N)nc2=O)C=CC1NC(=O)C(N)CO. The highest BCUT2D eigenvalue weighted by atomic mass is 127. The molecule has 16 nitrogen and oxygen atoms in total. The lowest BCUT2D eigenvalue weighted by molar-refractivity contribution is -0.197. The molecule has 6 atom stereocenters. The van der Waals surface area contributed by atoms with Gasteiger partial charge in [0.2, 0.25) is 5.91 Å². The average Bonchev–Trinajstić information content (AvgIpc) is 2.79. The number of rotatable bonds is 10. The summed E-state index contributed by atoms with van der Waals surface area (Å²) in [5.41, 5.74) is 17.9. The summed E-state index contributed by atoms with van der Waals surface area (Å²) in [4.78, 5) is 44.1. The number of aliphatic imine (C=N–C) groups is 1. The first-order chi connectivity index (χ1) is 16.3. The fourth-order valence-corrected chi connectivity index (χ4v) is 3.66. The largest absolute Gasteiger partial charge is 0.479 e. The van der Waals surface area contributed by atoms with E-state index in [0.717, 1.165) is 4.57 Å². The molecule has 1 aliphatic heterocycles. The molecular weight excluding hydrogens is 583 g/mol. The van der Waals surface area contributed by atoms with Crippen LogP contribution in [0.1, 0.15) is 12.6 Å². The molecule has 17 heteroatoms. The van der Waals surface area contributed by atoms with E-state index in [1.807, 2.05) is 22.6 Å². The van der Waals surface area contributed by atoms with Crippen molar-refractivity contribution in [3.63, 3.8) is 0 Å². The topological polar surface area (TPSA) is 288 Å². The number of carboxylic acid groups (broad SMARTS) is 1. The molecule has 0 radical (unpaired) electrons. The molecule has 1 amide bonds. The van der Waals surface area contributed by atoms with E-state index in [4.69, 9.17) is 32.8 Å². The van der Waals surface area contributed by atoms with Crippen molar-refractivity contribution in [3.05, 3.63) is 32.4 Å². The number of guanidine groups is 1. The Morgan fingerprint density at radius 1 is 1.37 bits per heavy atom. The summed E-state index contributed by atoms with van der Waals surface area (Å²) in [6, 6.07) is -2.65. The maximum atomic E-state index is 12.4. The zero-order valence-corrected chi connectivity index (χ0v) is 20.3. The molecule has 0 spiro atoms. The number of nitrogens with two attached hydrogens (primary N) is 4. The van der Waals surface area contributed by atoms with E-state index in [-0.39, 0.29) is 11.8 Å². The van der Waals surface area contributed by atoms with Crippen molar-refractivity contribution in [1.29, 1.82) is 0 Å². The van der Waals surface area contributed by atoms with Gasteiger partial charge in [0, 0.05) is 12.6 Å². The van der Waals surface area contributed by atoms with Gasteiger partial charge in [-0.05, 0) is 28.7 Å². The molecule has 0 saturated heterocycles. The Labute approximate surface area is 211 Å². The van der Waals surface area contributed by atoms with Crippen LogP contribution in [0.2, 0.25) is 0 Å². The standard InChI is InChI=1S/C18H27IN8O8/c19-8-5-27(17(33)26-13(8)21)11-2-1-10(25-14(30)9(20)6-28)12(35-11)18(34,15(31)32)3-7(29)4-24-16(22)23/h1-2,5,7,9-12,28-29,34H,3-4,6,20H2,(H,25,30)(H,31,32)(H2,21,26,33)(H4,22,23,24). The number of aromatic nitrogens is 2. The fraction of sp³-hybridized carbons (Fsp3) is 0.500. The number of carbonyl (C=O) groups is 2. The van der Waals surface area contributed by atoms with Crippen LogP contribution in [0.15, 0.2) is 28.1 Å². The second-order valence-electron chi connectivity index (χ2n) is 7.67. The van der Waals surface area contributed by atoms with Crippen molar-refractivity contribution in [1.82, 2.24) is 14.9 Å². The third kappa shape index (κ3) is 6.86. The number of nitrogens with zero attached hydrogens (tertiary/aromatic N) is 3. The molecule has 6 unspecified atom stereocenters. The number of hydrogen-bond acceptors (Lipinski definition) is 11. The van der Waals surface area contributed by atoms with Gasteiger partial charge in [-0.25, -0.2) is 9.59 Å². The molecule has 1 aromatic heterocycles. The maximum Gasteiger partial charge on any atom is 0.351 e. The predicted molar refractivity (Wildman–Crippen MR) is 130 cm³/mol. The van der Waals surface area contributed by atoms with Crippen LogP contribution in [0.4, 0.5) is 5.82 Å². The number of carboxylic acids is 1. The van der Waals surface area contributed by atoms with E-state index in [2.05, 4.69) is 15.3 Å². The lowest BCUT2D eigenvalue weighted by Gasteiger charge is -2.41. The van der Waals surface area contributed by atoms with E-state index < -0.39 is 73.3 Å². The Bertz CT molecular complexity index is 1060. The molecule has 0 saturated carbocycles. The first-order valence-corrected chi connectivity index (χ1v) is 11.1. The highest BCUT2D eigenvalue weighted by Crippen LogP contribution is 2.32. The van der Waals surface area contributed by atoms with E-state index >= 15 is 0 Å². The normalized spacial score (nSPS) is 23.1. The second kappa shape index (κ2) is 11.7. The van der Waals surface area contributed by atoms with Gasteiger partial charge in [0.1, 0.15) is 18.0 Å². The van der Waals surface area contributed by atoms with Crippen molar-refractivity contribution in [3.8, 4) is 0 Å². The van der Waals surface area contributed by atoms with Crippen molar-refractivity contribution < 1.29 is 34.8 Å². The van der Waals surface area contributed by atoms with Crippen LogP contribution in [-0.4, -0.2) is 90.9 Å². The number of amides is 1. The number of carbonyl (C=O) groups excluding carboxylic acids is 1. The van der Waals surface area contributed by atoms with Gasteiger partial charge < -0.3 is 53.4 Å². The minimum Gasteiger partial charge on any atom is -0.479 e. The Balaban J connectivity index is 2.50. The van der Waals surface area contributed by atoms with Crippen molar-refractivity contribution in [2.75, 3.05) is 18.9 Å². The number of hydrogen-bond donors (Lipinski definition) is 9. The Hall–Kier alpha value is -2.84. The fourth-order valence-electron chi connectivity index (χ4n) is 3.24. The molecule has 0 fully saturated rings. The maximum absolute atomic E-state index is 12.4. The highest BCUT2D eigenvalue weighted by molar-refractivity contribution is 14.1. The summed E-state index contributed by atoms with van der Waals surface area (Å²) in [7, 11) is 0. The number of nitrogen functional groups attached to an aromatic ring is 1. The predicted octanol–water partition coefficient (Wildman–Crippen LogP) is -4.47. The first kappa shape index (κ1) is 28.4. The van der Waals surface area contributed by atoms with E-state index in [1.54, 1.807) is 0 Å². The minimum atomic E-state index is -2.82. The number of ether oxygens (including phenoxy) is 1. The number of aliphatic hydroxyl groups is 3. The summed E-state index contributed by atoms with van der Waals surface area (Å²) in [6.07, 6.45) is -1.48. The van der Waals surface area contributed by atoms with Crippen molar-refractivity contribution in [2.45, 2.75) is 42.5 Å². The molecule has 1 aliphatic rings. The molecule has 1 aromatic rings. The van der Waals surface area contributed by atoms with Crippen molar-refractivity contribution in [2.24, 2.45) is 22.2 Å². The van der Waals surface area contributed by atoms with Gasteiger partial charge in [-0.3, -0.25) is 14.4 Å². The van der Waals surface area contributed by atoms with Crippen LogP contribution >= 0.6 is 22.6 Å². The second-order valence-corrected chi connectivity index (χ2v) is 8.83. The zero-order valence-electron chi connectivity index (χ0n) is 18.2. The van der Waals surface area contributed by atoms with Gasteiger partial charge in [0.05, 0.1) is 28.9 Å². The van der Waals surface area contributed by atoms with E-state index in [0.29, 0.717) is 3.57 Å². The molecule has 0 aromatic carbocycles. The summed E-state index contributed by atoms with van der Waals surface area (Å²) in [5, 5.41) is 42.8. The van der Waals surface area contributed by atoms with Gasteiger partial charge in [-0.15, -0.1) is 0 Å². The van der Waals surface area contributed by atoms with Gasteiger partial charge in [0.25, 0.3) is 0 Å². The monoisotopic (exact) mass is 610 g/mol. The van der Waals surface area contributed by atoms with Crippen LogP contribution in [-0.2, 0) is 14.3 Å². The smallest absolute Gasteiger partial charge is 0.351 e. The molecule has 35 heavy (non-hydrogen) atoms. The lowest BCUT2D eigenvalue weighted by Crippen LogP contribution is -2.63. The van der Waals surface area contributed by atoms with Crippen LogP contribution in [0.25, 0.3) is 0 Å². The Kier molecular flexibility index (Phi) is 9.52. The molecule has 2 rings (SSSR count). The van der Waals surface area contributed by atoms with Gasteiger partial charge in [-0.2, -0.15) is 4.98 Å². The van der Waals surface area contributed by atoms with Crippen LogP contribution in [0.3, 0.4) is 0 Å². The Morgan fingerprint density at radius 2 is 2.03 bits per heavy atom. The van der Waals surface area contributed by atoms with Crippen LogP contribution in [0.5, 0.6) is 0 Å². The van der Waals surface area contributed by atoms with E-state index in [9.17, 15) is 29.7 Å². The number of anilines is 1. The van der Waals surface area contributed by atoms with Gasteiger partial charge in [0.15, 0.2) is 17.8 Å². The molecular formula is C18H27IN8O8. The molecule has 2 heterocycles. The van der Waals surface area contributed by atoms with Crippen LogP contribution in [0, 0.1) is 3.57 Å². The van der Waals surface area contributed by atoms with Gasteiger partial charge >= 0.3 is 11.7 Å². The first-order valence-electron chi connectivity index (χ1n) is 10.0. The van der Waals surface area contributed by atoms with Gasteiger partial charge in [-0.1, -0.05) is 6.08 Å². The lowest BCUT2D eigenvalue weighted by atomic mass is 9.84. The number of halogens is 1. The summed E-state index contributed by atoms with van der Waals surface area (Å²) in [6.45, 7) is -1.14. The zero-order chi connectivity index (χ0) is 26.5. The molecule has 194 valence electrons. The number of nitrogens with one attached hydrogen (secondary N) is 1. The summed E-state index contributed by atoms with van der Waals surface area (Å²) in [5.74, 6) is -3.07. The molecule has 0 bridgehead atoms. The molecule has 13 N–H and O–H groups in total. The third-order valence-corrected chi connectivity index (χ3v) is 5.85. The summed E-state index contributed by atoms with van der Waals surface area (Å²) >= 11 is 1.83. The third-order valence-electron chi connectivity index (χ3n) is 5.02. The minimum absolute atomic E-state index is 0.0313.